The maximum atomic E-state index is 9.61. The van der Waals surface area contributed by atoms with Crippen molar-refractivity contribution in [3.8, 4) is 6.07 Å². The predicted octanol–water partition coefficient (Wildman–Crippen LogP) is 0.880. The fraction of sp³-hybridized carbons (Fsp3) is 0.444. The highest BCUT2D eigenvalue weighted by Gasteiger charge is 2.25. The van der Waals surface area contributed by atoms with E-state index in [9.17, 15) is 10.2 Å². The van der Waals surface area contributed by atoms with Crippen molar-refractivity contribution < 1.29 is 10.2 Å². The van der Waals surface area contributed by atoms with Gasteiger partial charge in [0.15, 0.2) is 12.1 Å². The van der Waals surface area contributed by atoms with Crippen LogP contribution < -0.4 is 0 Å². The van der Waals surface area contributed by atoms with Crippen molar-refractivity contribution in [2.24, 2.45) is 0 Å². The molecule has 0 saturated heterocycles. The molecule has 0 radical (unpaired) electrons. The summed E-state index contributed by atoms with van der Waals surface area (Å²) in [7, 11) is 0. The molecule has 13 heavy (non-hydrogen) atoms. The minimum Gasteiger partial charge on any atom is -0.495 e. The van der Waals surface area contributed by atoms with Gasteiger partial charge in [-0.05, 0) is 19.4 Å². The highest BCUT2D eigenvalue weighted by Crippen LogP contribution is 2.22. The minimum atomic E-state index is -1.01. The molecule has 70 valence electrons. The van der Waals surface area contributed by atoms with Gasteiger partial charge in [-0.3, -0.25) is 0 Å². The number of allylic oxidation sites excluding steroid dienone is 2. The van der Waals surface area contributed by atoms with Crippen LogP contribution in [0.1, 0.15) is 13.8 Å². The summed E-state index contributed by atoms with van der Waals surface area (Å²) in [6.45, 7) is 3.94. The van der Waals surface area contributed by atoms with E-state index < -0.39 is 6.23 Å². The van der Waals surface area contributed by atoms with Crippen molar-refractivity contribution >= 4 is 0 Å². The number of likely N-dealkylation sites (N-methyl/N-ethyl adjacent to an activating group) is 1. The van der Waals surface area contributed by atoms with Gasteiger partial charge in [-0.1, -0.05) is 0 Å². The van der Waals surface area contributed by atoms with Crippen molar-refractivity contribution in [1.82, 2.24) is 4.90 Å². The molecule has 0 spiro atoms. The van der Waals surface area contributed by atoms with E-state index in [2.05, 4.69) is 0 Å². The largest absolute Gasteiger partial charge is 0.495 e. The molecule has 0 amide bonds. The number of nitriles is 1. The number of nitrogens with zero attached hydrogens (tertiary/aromatic N) is 2. The van der Waals surface area contributed by atoms with Crippen LogP contribution in [0.4, 0.5) is 0 Å². The topological polar surface area (TPSA) is 67.5 Å². The average Bonchev–Trinajstić information content (AvgIpc) is 2.04. The summed E-state index contributed by atoms with van der Waals surface area (Å²) in [5, 5.41) is 27.7. The highest BCUT2D eigenvalue weighted by atomic mass is 16.3. The molecule has 0 aromatic rings. The van der Waals surface area contributed by atoms with Crippen LogP contribution in [-0.2, 0) is 0 Å². The Kier molecular flexibility index (Phi) is 2.59. The molecule has 4 heteroatoms. The second-order valence-corrected chi connectivity index (χ2v) is 2.87. The third-order valence-electron chi connectivity index (χ3n) is 2.08. The first-order valence-corrected chi connectivity index (χ1v) is 4.08. The van der Waals surface area contributed by atoms with E-state index in [0.717, 1.165) is 0 Å². The maximum Gasteiger partial charge on any atom is 0.189 e. The predicted molar refractivity (Wildman–Crippen MR) is 47.4 cm³/mol. The Hall–Kier alpha value is -1.47. The van der Waals surface area contributed by atoms with E-state index in [1.807, 2.05) is 6.07 Å². The van der Waals surface area contributed by atoms with E-state index in [4.69, 9.17) is 5.26 Å². The van der Waals surface area contributed by atoms with E-state index in [0.29, 0.717) is 17.7 Å². The van der Waals surface area contributed by atoms with Gasteiger partial charge >= 0.3 is 0 Å². The number of rotatable bonds is 1. The molecule has 0 aliphatic carbocycles. The molecule has 0 bridgehead atoms. The van der Waals surface area contributed by atoms with E-state index in [1.165, 1.54) is 11.0 Å². The Labute approximate surface area is 77.0 Å². The fourth-order valence-corrected chi connectivity index (χ4v) is 1.32. The lowest BCUT2D eigenvalue weighted by Gasteiger charge is -2.30. The van der Waals surface area contributed by atoms with Gasteiger partial charge in [-0.2, -0.15) is 5.26 Å². The van der Waals surface area contributed by atoms with Crippen molar-refractivity contribution in [3.05, 3.63) is 23.1 Å². The minimum absolute atomic E-state index is 0.00602. The van der Waals surface area contributed by atoms with Crippen LogP contribution in [0, 0.1) is 11.3 Å². The van der Waals surface area contributed by atoms with Gasteiger partial charge in [0.1, 0.15) is 0 Å². The number of hydrogen-bond acceptors (Lipinski definition) is 4. The van der Waals surface area contributed by atoms with E-state index in [1.54, 1.807) is 13.8 Å². The monoisotopic (exact) mass is 180 g/mol. The summed E-state index contributed by atoms with van der Waals surface area (Å²) in [6.07, 6.45) is 0.467. The van der Waals surface area contributed by atoms with E-state index in [-0.39, 0.29) is 5.88 Å². The van der Waals surface area contributed by atoms with Crippen LogP contribution in [0.3, 0.4) is 0 Å². The van der Waals surface area contributed by atoms with Crippen LogP contribution in [0.15, 0.2) is 23.1 Å². The molecule has 1 rings (SSSR count). The summed E-state index contributed by atoms with van der Waals surface area (Å²) in [6, 6.07) is 1.92. The third kappa shape index (κ3) is 1.51. The second kappa shape index (κ2) is 3.50. The average molecular weight is 180 g/mol. The lowest BCUT2D eigenvalue weighted by molar-refractivity contribution is 0.0260. The second-order valence-electron chi connectivity index (χ2n) is 2.87. The van der Waals surface area contributed by atoms with Crippen LogP contribution in [0.2, 0.25) is 0 Å². The normalized spacial score (nSPS) is 22.8. The van der Waals surface area contributed by atoms with Gasteiger partial charge < -0.3 is 15.1 Å². The zero-order valence-corrected chi connectivity index (χ0v) is 7.65. The Bertz CT molecular complexity index is 312. The summed E-state index contributed by atoms with van der Waals surface area (Å²) in [5.41, 5.74) is 0.900. The van der Waals surface area contributed by atoms with Crippen LogP contribution in [-0.4, -0.2) is 27.9 Å². The molecule has 1 unspecified atom stereocenters. The van der Waals surface area contributed by atoms with Crippen LogP contribution >= 0.6 is 0 Å². The molecule has 4 nitrogen and oxygen atoms in total. The molecular formula is C9H12N2O2. The zero-order valence-electron chi connectivity index (χ0n) is 7.65. The molecule has 0 saturated carbocycles. The lowest BCUT2D eigenvalue weighted by Crippen LogP contribution is -2.38. The molecule has 1 aliphatic heterocycles. The summed E-state index contributed by atoms with van der Waals surface area (Å²) in [4.78, 5) is 1.35. The van der Waals surface area contributed by atoms with Crippen molar-refractivity contribution in [1.29, 1.82) is 5.26 Å². The first-order chi connectivity index (χ1) is 6.11. The smallest absolute Gasteiger partial charge is 0.189 e. The number of aliphatic hydroxyl groups is 2. The molecule has 1 heterocycles. The van der Waals surface area contributed by atoms with Gasteiger partial charge in [0, 0.05) is 12.6 Å². The molecule has 0 aromatic carbocycles. The number of hydrogen-bond donors (Lipinski definition) is 2. The summed E-state index contributed by atoms with van der Waals surface area (Å²) < 4.78 is 0. The number of aliphatic hydroxyl groups excluding tert-OH is 2. The Morgan fingerprint density at radius 1 is 1.69 bits per heavy atom. The maximum absolute atomic E-state index is 9.61. The van der Waals surface area contributed by atoms with Gasteiger partial charge in [0.2, 0.25) is 0 Å². The Balaban J connectivity index is 3.10. The summed E-state index contributed by atoms with van der Waals surface area (Å²) in [5.74, 6) is 0.00602. The molecule has 0 fully saturated rings. The zero-order chi connectivity index (χ0) is 10.0. The molecule has 1 atom stereocenters. The lowest BCUT2D eigenvalue weighted by atomic mass is 10.1. The Morgan fingerprint density at radius 3 is 2.77 bits per heavy atom. The quantitative estimate of drug-likeness (QED) is 0.628. The first kappa shape index (κ1) is 9.62. The van der Waals surface area contributed by atoms with Gasteiger partial charge in [0.25, 0.3) is 0 Å². The molecular weight excluding hydrogens is 168 g/mol. The first-order valence-electron chi connectivity index (χ1n) is 4.08. The van der Waals surface area contributed by atoms with Crippen molar-refractivity contribution in [3.63, 3.8) is 0 Å². The highest BCUT2D eigenvalue weighted by molar-refractivity contribution is 5.40. The van der Waals surface area contributed by atoms with Crippen LogP contribution in [0.25, 0.3) is 0 Å². The fourth-order valence-electron chi connectivity index (χ4n) is 1.32. The SMILES string of the molecule is CCN1C(O)=CC(C)=C(C#N)C1O. The Morgan fingerprint density at radius 2 is 2.31 bits per heavy atom. The molecule has 2 N–H and O–H groups in total. The van der Waals surface area contributed by atoms with Gasteiger partial charge in [-0.15, -0.1) is 0 Å². The van der Waals surface area contributed by atoms with Crippen molar-refractivity contribution in [2.45, 2.75) is 20.1 Å². The van der Waals surface area contributed by atoms with Gasteiger partial charge in [-0.25, -0.2) is 0 Å². The standard InChI is InChI=1S/C9H12N2O2/c1-3-11-8(12)4-6(2)7(5-10)9(11)13/h4,9,12-13H,3H2,1-2H3. The van der Waals surface area contributed by atoms with Crippen molar-refractivity contribution in [2.75, 3.05) is 6.54 Å². The molecule has 1 aliphatic rings. The molecule has 0 aromatic heterocycles. The van der Waals surface area contributed by atoms with Gasteiger partial charge in [0.05, 0.1) is 11.6 Å². The third-order valence-corrected chi connectivity index (χ3v) is 2.08. The summed E-state index contributed by atoms with van der Waals surface area (Å²) >= 11 is 0. The van der Waals surface area contributed by atoms with E-state index >= 15 is 0 Å². The van der Waals surface area contributed by atoms with Crippen LogP contribution in [0.5, 0.6) is 0 Å².